The maximum atomic E-state index is 12.6. The second-order valence-corrected chi connectivity index (χ2v) is 4.85. The lowest BCUT2D eigenvalue weighted by Gasteiger charge is -2.11. The number of phenolic OH excluding ortho intramolecular Hbond substituents is 1. The molecule has 1 aromatic heterocycles. The van der Waals surface area contributed by atoms with E-state index in [1.807, 2.05) is 0 Å². The Kier molecular flexibility index (Phi) is 3.14. The lowest BCUT2D eigenvalue weighted by molar-refractivity contribution is 0.0697. The molecule has 110 valence electrons. The van der Waals surface area contributed by atoms with Gasteiger partial charge in [0, 0.05) is 0 Å². The summed E-state index contributed by atoms with van der Waals surface area (Å²) < 4.78 is 1.38. The number of aromatic nitrogens is 2. The van der Waals surface area contributed by atoms with Crippen LogP contribution in [0.2, 0.25) is 0 Å². The first-order valence-corrected chi connectivity index (χ1v) is 6.53. The third-order valence-electron chi connectivity index (χ3n) is 3.39. The number of nitrogens with zero attached hydrogens (tertiary/aromatic N) is 2. The lowest BCUT2D eigenvalue weighted by Crippen LogP contribution is -2.22. The fraction of sp³-hybridized carbons (Fsp3) is 0.0625. The molecule has 0 bridgehead atoms. The van der Waals surface area contributed by atoms with Crippen molar-refractivity contribution < 1.29 is 15.0 Å². The molecule has 6 heteroatoms. The summed E-state index contributed by atoms with van der Waals surface area (Å²) in [7, 11) is 0. The summed E-state index contributed by atoms with van der Waals surface area (Å²) in [4.78, 5) is 27.8. The molecule has 3 aromatic rings. The van der Waals surface area contributed by atoms with Crippen LogP contribution >= 0.6 is 0 Å². The Morgan fingerprint density at radius 3 is 2.45 bits per heavy atom. The molecule has 22 heavy (non-hydrogen) atoms. The Morgan fingerprint density at radius 2 is 1.82 bits per heavy atom. The number of aryl methyl sites for hydroxylation is 1. The van der Waals surface area contributed by atoms with E-state index in [0.717, 1.165) is 0 Å². The molecule has 0 saturated carbocycles. The van der Waals surface area contributed by atoms with Crippen molar-refractivity contribution in [2.75, 3.05) is 0 Å². The molecule has 0 radical (unpaired) electrons. The highest BCUT2D eigenvalue weighted by molar-refractivity contribution is 5.87. The molecule has 0 aliphatic rings. The van der Waals surface area contributed by atoms with Crippen molar-refractivity contribution in [1.29, 1.82) is 0 Å². The maximum absolute atomic E-state index is 12.6. The Labute approximate surface area is 124 Å². The highest BCUT2D eigenvalue weighted by atomic mass is 16.4. The SMILES string of the molecule is Cc1nc2ccc(O)cc2c(=O)n1-c1ccc(C(=O)O)cc1. The van der Waals surface area contributed by atoms with Gasteiger partial charge in [0.05, 0.1) is 22.2 Å². The van der Waals surface area contributed by atoms with Gasteiger partial charge in [-0.15, -0.1) is 0 Å². The van der Waals surface area contributed by atoms with Crippen LogP contribution in [0.3, 0.4) is 0 Å². The molecule has 0 unspecified atom stereocenters. The first-order valence-electron chi connectivity index (χ1n) is 6.53. The summed E-state index contributed by atoms with van der Waals surface area (Å²) in [6.07, 6.45) is 0. The van der Waals surface area contributed by atoms with Crippen LogP contribution in [0.5, 0.6) is 5.75 Å². The summed E-state index contributed by atoms with van der Waals surface area (Å²) in [5.41, 5.74) is 0.839. The minimum absolute atomic E-state index is 0.0111. The summed E-state index contributed by atoms with van der Waals surface area (Å²) in [5.74, 6) is -0.563. The van der Waals surface area contributed by atoms with Crippen molar-refractivity contribution in [3.8, 4) is 11.4 Å². The number of carboxylic acids is 1. The van der Waals surface area contributed by atoms with E-state index < -0.39 is 5.97 Å². The molecule has 1 heterocycles. The zero-order valence-corrected chi connectivity index (χ0v) is 11.6. The van der Waals surface area contributed by atoms with E-state index in [2.05, 4.69) is 4.98 Å². The van der Waals surface area contributed by atoms with Crippen LogP contribution in [-0.2, 0) is 0 Å². The zero-order chi connectivity index (χ0) is 15.9. The molecule has 2 aromatic carbocycles. The summed E-state index contributed by atoms with van der Waals surface area (Å²) >= 11 is 0. The summed E-state index contributed by atoms with van der Waals surface area (Å²) in [5, 5.41) is 18.8. The number of benzene rings is 2. The average Bonchev–Trinajstić information content (AvgIpc) is 2.49. The summed E-state index contributed by atoms with van der Waals surface area (Å²) in [6.45, 7) is 1.69. The fourth-order valence-electron chi connectivity index (χ4n) is 2.34. The van der Waals surface area contributed by atoms with E-state index in [4.69, 9.17) is 5.11 Å². The number of aromatic hydroxyl groups is 1. The molecule has 0 atom stereocenters. The van der Waals surface area contributed by atoms with Gasteiger partial charge in [-0.3, -0.25) is 9.36 Å². The Bertz CT molecular complexity index is 943. The maximum Gasteiger partial charge on any atom is 0.335 e. The van der Waals surface area contributed by atoms with Gasteiger partial charge < -0.3 is 10.2 Å². The van der Waals surface area contributed by atoms with Gasteiger partial charge in [-0.2, -0.15) is 0 Å². The smallest absolute Gasteiger partial charge is 0.335 e. The van der Waals surface area contributed by atoms with Crippen molar-refractivity contribution >= 4 is 16.9 Å². The van der Waals surface area contributed by atoms with Crippen molar-refractivity contribution in [2.45, 2.75) is 6.92 Å². The van der Waals surface area contributed by atoms with Crippen LogP contribution in [0.15, 0.2) is 47.3 Å². The first kappa shape index (κ1) is 13.8. The monoisotopic (exact) mass is 296 g/mol. The number of fused-ring (bicyclic) bond motifs is 1. The van der Waals surface area contributed by atoms with E-state index in [1.54, 1.807) is 25.1 Å². The van der Waals surface area contributed by atoms with Crippen molar-refractivity contribution in [3.05, 3.63) is 64.2 Å². The molecule has 0 aliphatic heterocycles. The second kappa shape index (κ2) is 5.00. The number of hydrogen-bond donors (Lipinski definition) is 2. The van der Waals surface area contributed by atoms with Crippen LogP contribution in [-0.4, -0.2) is 25.7 Å². The molecule has 0 aliphatic carbocycles. The Morgan fingerprint density at radius 1 is 1.14 bits per heavy atom. The third kappa shape index (κ3) is 2.20. The molecule has 0 amide bonds. The van der Waals surface area contributed by atoms with Gasteiger partial charge in [0.2, 0.25) is 0 Å². The van der Waals surface area contributed by atoms with Gasteiger partial charge in [-0.05, 0) is 49.4 Å². The minimum Gasteiger partial charge on any atom is -0.508 e. The highest BCUT2D eigenvalue weighted by Crippen LogP contribution is 2.17. The predicted molar refractivity (Wildman–Crippen MR) is 80.7 cm³/mol. The van der Waals surface area contributed by atoms with Gasteiger partial charge in [0.25, 0.3) is 5.56 Å². The van der Waals surface area contributed by atoms with Gasteiger partial charge in [0.15, 0.2) is 0 Å². The molecule has 2 N–H and O–H groups in total. The average molecular weight is 296 g/mol. The molecular weight excluding hydrogens is 284 g/mol. The summed E-state index contributed by atoms with van der Waals surface area (Å²) in [6, 6.07) is 10.4. The third-order valence-corrected chi connectivity index (χ3v) is 3.39. The standard InChI is InChI=1S/C16H12N2O4/c1-9-17-14-7-6-12(19)8-13(14)15(20)18(9)11-4-2-10(3-5-11)16(21)22/h2-8,19H,1H3,(H,21,22). The molecule has 0 fully saturated rings. The van der Waals surface area contributed by atoms with E-state index in [1.165, 1.54) is 28.8 Å². The molecule has 0 spiro atoms. The highest BCUT2D eigenvalue weighted by Gasteiger charge is 2.11. The van der Waals surface area contributed by atoms with E-state index in [0.29, 0.717) is 22.4 Å². The number of carbonyl (C=O) groups is 1. The van der Waals surface area contributed by atoms with Crippen LogP contribution in [0.25, 0.3) is 16.6 Å². The number of rotatable bonds is 2. The van der Waals surface area contributed by atoms with Gasteiger partial charge in [-0.25, -0.2) is 9.78 Å². The number of carboxylic acid groups (broad SMARTS) is 1. The molecule has 6 nitrogen and oxygen atoms in total. The van der Waals surface area contributed by atoms with Crippen molar-refractivity contribution in [1.82, 2.24) is 9.55 Å². The van der Waals surface area contributed by atoms with Crippen molar-refractivity contribution in [3.63, 3.8) is 0 Å². The van der Waals surface area contributed by atoms with Gasteiger partial charge in [0.1, 0.15) is 11.6 Å². The van der Waals surface area contributed by atoms with Crippen LogP contribution in [0.1, 0.15) is 16.2 Å². The molecule has 3 rings (SSSR count). The fourth-order valence-corrected chi connectivity index (χ4v) is 2.34. The van der Waals surface area contributed by atoms with Crippen molar-refractivity contribution in [2.24, 2.45) is 0 Å². The van der Waals surface area contributed by atoms with E-state index in [-0.39, 0.29) is 16.9 Å². The largest absolute Gasteiger partial charge is 0.508 e. The second-order valence-electron chi connectivity index (χ2n) is 4.85. The van der Waals surface area contributed by atoms with Gasteiger partial charge in [-0.1, -0.05) is 0 Å². The first-order chi connectivity index (χ1) is 10.5. The number of phenols is 1. The topological polar surface area (TPSA) is 92.4 Å². The quantitative estimate of drug-likeness (QED) is 0.755. The zero-order valence-electron chi connectivity index (χ0n) is 11.6. The Balaban J connectivity index is 2.26. The molecular formula is C16H12N2O4. The van der Waals surface area contributed by atoms with E-state index in [9.17, 15) is 14.7 Å². The lowest BCUT2D eigenvalue weighted by atomic mass is 10.2. The number of hydrogen-bond acceptors (Lipinski definition) is 4. The normalized spacial score (nSPS) is 10.8. The van der Waals surface area contributed by atoms with E-state index >= 15 is 0 Å². The predicted octanol–water partition coefficient (Wildman–Crippen LogP) is 2.10. The van der Waals surface area contributed by atoms with Crippen LogP contribution < -0.4 is 5.56 Å². The molecule has 0 saturated heterocycles. The van der Waals surface area contributed by atoms with Crippen LogP contribution in [0.4, 0.5) is 0 Å². The Hall–Kier alpha value is -3.15. The number of aromatic carboxylic acids is 1. The minimum atomic E-state index is -1.03. The van der Waals surface area contributed by atoms with Crippen LogP contribution in [0, 0.1) is 6.92 Å². The van der Waals surface area contributed by atoms with Gasteiger partial charge >= 0.3 is 5.97 Å².